The Bertz CT molecular complexity index is 1030. The Labute approximate surface area is 174 Å². The van der Waals surface area contributed by atoms with E-state index in [1.165, 1.54) is 4.90 Å². The van der Waals surface area contributed by atoms with E-state index in [9.17, 15) is 14.4 Å². The van der Waals surface area contributed by atoms with Crippen LogP contribution in [0.5, 0.6) is 11.5 Å². The van der Waals surface area contributed by atoms with Gasteiger partial charge in [-0.1, -0.05) is 12.1 Å². The van der Waals surface area contributed by atoms with E-state index in [1.54, 1.807) is 50.1 Å². The number of carbonyl (C=O) groups is 3. The molecule has 156 valence electrons. The van der Waals surface area contributed by atoms with Gasteiger partial charge in [0.2, 0.25) is 5.91 Å². The second kappa shape index (κ2) is 7.37. The van der Waals surface area contributed by atoms with Gasteiger partial charge < -0.3 is 24.6 Å². The molecule has 2 heterocycles. The molecular formula is C22H23N3O5. The molecule has 0 unspecified atom stereocenters. The first-order valence-corrected chi connectivity index (χ1v) is 9.69. The number of ether oxygens (including phenoxy) is 2. The number of hydrogen-bond donors (Lipinski definition) is 1. The van der Waals surface area contributed by atoms with Crippen molar-refractivity contribution in [2.45, 2.75) is 25.9 Å². The molecule has 0 radical (unpaired) electrons. The van der Waals surface area contributed by atoms with Crippen LogP contribution < -0.4 is 24.6 Å². The summed E-state index contributed by atoms with van der Waals surface area (Å²) in [4.78, 5) is 40.3. The van der Waals surface area contributed by atoms with Crippen molar-refractivity contribution >= 4 is 34.8 Å². The van der Waals surface area contributed by atoms with E-state index in [0.29, 0.717) is 28.6 Å². The van der Waals surface area contributed by atoms with Gasteiger partial charge in [0.15, 0.2) is 12.2 Å². The van der Waals surface area contributed by atoms with Crippen LogP contribution >= 0.6 is 0 Å². The maximum absolute atomic E-state index is 12.8. The SMILES string of the molecule is CN1C(=O)COc2ccc(NC(=O)CCN3C(=O)C(C)(C)Oc4ccccc43)cc21. The number of para-hydroxylation sites is 2. The Kier molecular flexibility index (Phi) is 4.85. The van der Waals surface area contributed by atoms with Crippen molar-refractivity contribution < 1.29 is 23.9 Å². The number of carbonyl (C=O) groups excluding carboxylic acids is 3. The summed E-state index contributed by atoms with van der Waals surface area (Å²) in [6.45, 7) is 3.65. The predicted molar refractivity (Wildman–Crippen MR) is 112 cm³/mol. The minimum Gasteiger partial charge on any atom is -0.482 e. The zero-order valence-electron chi connectivity index (χ0n) is 17.1. The third-order valence-corrected chi connectivity index (χ3v) is 5.17. The van der Waals surface area contributed by atoms with Gasteiger partial charge in [-0.3, -0.25) is 14.4 Å². The summed E-state index contributed by atoms with van der Waals surface area (Å²) in [5.41, 5.74) is 0.808. The fraction of sp³-hybridized carbons (Fsp3) is 0.318. The lowest BCUT2D eigenvalue weighted by molar-refractivity contribution is -0.132. The number of amides is 3. The Balaban J connectivity index is 1.46. The second-order valence-corrected chi connectivity index (χ2v) is 7.76. The van der Waals surface area contributed by atoms with E-state index in [-0.39, 0.29) is 37.3 Å². The van der Waals surface area contributed by atoms with Crippen LogP contribution in [0, 0.1) is 0 Å². The molecule has 2 aliphatic heterocycles. The molecule has 2 aliphatic rings. The van der Waals surface area contributed by atoms with Crippen LogP contribution in [0.2, 0.25) is 0 Å². The number of nitrogens with zero attached hydrogens (tertiary/aromatic N) is 2. The molecule has 0 bridgehead atoms. The largest absolute Gasteiger partial charge is 0.482 e. The summed E-state index contributed by atoms with van der Waals surface area (Å²) in [5, 5.41) is 2.82. The fourth-order valence-electron chi connectivity index (χ4n) is 3.53. The van der Waals surface area contributed by atoms with E-state index in [2.05, 4.69) is 5.32 Å². The average molecular weight is 409 g/mol. The summed E-state index contributed by atoms with van der Waals surface area (Å²) >= 11 is 0. The summed E-state index contributed by atoms with van der Waals surface area (Å²) < 4.78 is 11.2. The number of benzene rings is 2. The van der Waals surface area contributed by atoms with E-state index >= 15 is 0 Å². The maximum Gasteiger partial charge on any atom is 0.270 e. The lowest BCUT2D eigenvalue weighted by atomic mass is 10.0. The Morgan fingerprint density at radius 3 is 2.67 bits per heavy atom. The molecule has 0 aliphatic carbocycles. The summed E-state index contributed by atoms with van der Waals surface area (Å²) in [7, 11) is 1.67. The molecule has 0 saturated carbocycles. The Morgan fingerprint density at radius 1 is 1.10 bits per heavy atom. The molecule has 4 rings (SSSR count). The second-order valence-electron chi connectivity index (χ2n) is 7.76. The molecule has 1 N–H and O–H groups in total. The molecule has 0 spiro atoms. The van der Waals surface area contributed by atoms with Crippen molar-refractivity contribution in [2.24, 2.45) is 0 Å². The number of anilines is 3. The van der Waals surface area contributed by atoms with Gasteiger partial charge in [-0.25, -0.2) is 0 Å². The van der Waals surface area contributed by atoms with Gasteiger partial charge >= 0.3 is 0 Å². The van der Waals surface area contributed by atoms with Gasteiger partial charge in [0.05, 0.1) is 11.4 Å². The minimum absolute atomic E-state index is 0.000601. The van der Waals surface area contributed by atoms with Crippen LogP contribution in [0.4, 0.5) is 17.1 Å². The van der Waals surface area contributed by atoms with Crippen LogP contribution in [0.3, 0.4) is 0 Å². The van der Waals surface area contributed by atoms with Crippen molar-refractivity contribution in [2.75, 3.05) is 35.3 Å². The van der Waals surface area contributed by atoms with Gasteiger partial charge in [-0.15, -0.1) is 0 Å². The highest BCUT2D eigenvalue weighted by molar-refractivity contribution is 6.03. The first kappa shape index (κ1) is 19.8. The Morgan fingerprint density at radius 2 is 1.87 bits per heavy atom. The number of rotatable bonds is 4. The van der Waals surface area contributed by atoms with E-state index in [1.807, 2.05) is 18.2 Å². The van der Waals surface area contributed by atoms with Crippen molar-refractivity contribution in [1.82, 2.24) is 0 Å². The number of hydrogen-bond acceptors (Lipinski definition) is 5. The zero-order valence-corrected chi connectivity index (χ0v) is 17.1. The summed E-state index contributed by atoms with van der Waals surface area (Å²) in [6, 6.07) is 12.4. The first-order valence-electron chi connectivity index (χ1n) is 9.69. The molecule has 2 aromatic carbocycles. The zero-order chi connectivity index (χ0) is 21.5. The van der Waals surface area contributed by atoms with Gasteiger partial charge in [0, 0.05) is 25.7 Å². The molecule has 8 nitrogen and oxygen atoms in total. The average Bonchev–Trinajstić information content (AvgIpc) is 2.71. The normalized spacial score (nSPS) is 16.9. The van der Waals surface area contributed by atoms with E-state index in [0.717, 1.165) is 0 Å². The highest BCUT2D eigenvalue weighted by Crippen LogP contribution is 2.37. The minimum atomic E-state index is -1.000. The topological polar surface area (TPSA) is 88.2 Å². The molecular weight excluding hydrogens is 386 g/mol. The van der Waals surface area contributed by atoms with Gasteiger partial charge in [0.1, 0.15) is 11.5 Å². The molecule has 2 aromatic rings. The van der Waals surface area contributed by atoms with Crippen LogP contribution in [0.1, 0.15) is 20.3 Å². The molecule has 0 aromatic heterocycles. The lowest BCUT2D eigenvalue weighted by Gasteiger charge is -2.38. The van der Waals surface area contributed by atoms with E-state index < -0.39 is 5.60 Å². The quantitative estimate of drug-likeness (QED) is 0.839. The van der Waals surface area contributed by atoms with Crippen LogP contribution in [0.15, 0.2) is 42.5 Å². The summed E-state index contributed by atoms with van der Waals surface area (Å²) in [5.74, 6) is 0.617. The van der Waals surface area contributed by atoms with Crippen LogP contribution in [-0.4, -0.2) is 43.5 Å². The number of fused-ring (bicyclic) bond motifs is 2. The first-order chi connectivity index (χ1) is 14.3. The Hall–Kier alpha value is -3.55. The number of likely N-dealkylation sites (N-methyl/N-ethyl adjacent to an activating group) is 1. The van der Waals surface area contributed by atoms with Crippen molar-refractivity contribution in [3.8, 4) is 11.5 Å². The molecule has 8 heteroatoms. The maximum atomic E-state index is 12.8. The van der Waals surface area contributed by atoms with E-state index in [4.69, 9.17) is 9.47 Å². The molecule has 3 amide bonds. The molecule has 0 fully saturated rings. The van der Waals surface area contributed by atoms with Crippen LogP contribution in [-0.2, 0) is 14.4 Å². The van der Waals surface area contributed by atoms with Gasteiger partial charge in [-0.05, 0) is 44.2 Å². The van der Waals surface area contributed by atoms with Crippen molar-refractivity contribution in [3.63, 3.8) is 0 Å². The summed E-state index contributed by atoms with van der Waals surface area (Å²) in [6.07, 6.45) is 0.110. The molecule has 30 heavy (non-hydrogen) atoms. The monoisotopic (exact) mass is 409 g/mol. The highest BCUT2D eigenvalue weighted by atomic mass is 16.5. The van der Waals surface area contributed by atoms with Gasteiger partial charge in [-0.2, -0.15) is 0 Å². The third-order valence-electron chi connectivity index (χ3n) is 5.17. The van der Waals surface area contributed by atoms with Crippen molar-refractivity contribution in [3.05, 3.63) is 42.5 Å². The third kappa shape index (κ3) is 3.56. The van der Waals surface area contributed by atoms with Crippen molar-refractivity contribution in [1.29, 1.82) is 0 Å². The molecule has 0 saturated heterocycles. The number of nitrogens with one attached hydrogen (secondary N) is 1. The standard InChI is InChI=1S/C22H23N3O5/c1-22(2)21(28)25(15-6-4-5-7-18(15)30-22)11-10-19(26)23-14-8-9-17-16(12-14)24(3)20(27)13-29-17/h4-9,12H,10-11,13H2,1-3H3,(H,23,26). The van der Waals surface area contributed by atoms with Gasteiger partial charge in [0.25, 0.3) is 11.8 Å². The fourth-order valence-corrected chi connectivity index (χ4v) is 3.53. The lowest BCUT2D eigenvalue weighted by Crippen LogP contribution is -2.53. The predicted octanol–water partition coefficient (Wildman–Crippen LogP) is 2.57. The van der Waals surface area contributed by atoms with Crippen LogP contribution in [0.25, 0.3) is 0 Å². The smallest absolute Gasteiger partial charge is 0.270 e. The molecule has 0 atom stereocenters. The highest BCUT2D eigenvalue weighted by Gasteiger charge is 2.40.